The number of aromatic nitrogens is 2. The lowest BCUT2D eigenvalue weighted by Gasteiger charge is -2.12. The molecule has 0 aliphatic carbocycles. The van der Waals surface area contributed by atoms with E-state index in [1.165, 1.54) is 6.20 Å². The largest absolute Gasteiger partial charge is 0.476 e. The number of hydrogen-bond donors (Lipinski definition) is 2. The molecule has 2 amide bonds. The molecule has 0 bridgehead atoms. The van der Waals surface area contributed by atoms with Crippen molar-refractivity contribution in [2.75, 3.05) is 23.8 Å². The summed E-state index contributed by atoms with van der Waals surface area (Å²) in [7, 11) is 0. The quantitative estimate of drug-likeness (QED) is 0.825. The van der Waals surface area contributed by atoms with Gasteiger partial charge in [-0.3, -0.25) is 0 Å². The molecular formula is C16H19ClN4O3. The molecule has 0 saturated carbocycles. The average molecular weight is 351 g/mol. The van der Waals surface area contributed by atoms with E-state index < -0.39 is 6.03 Å². The molecule has 24 heavy (non-hydrogen) atoms. The number of rotatable bonds is 6. The Morgan fingerprint density at radius 2 is 1.88 bits per heavy atom. The summed E-state index contributed by atoms with van der Waals surface area (Å²) in [5, 5.41) is 5.77. The molecule has 2 aromatic rings. The van der Waals surface area contributed by atoms with Crippen LogP contribution in [0.25, 0.3) is 0 Å². The third-order valence-corrected chi connectivity index (χ3v) is 3.22. The van der Waals surface area contributed by atoms with Crippen molar-refractivity contribution in [3.05, 3.63) is 35.0 Å². The van der Waals surface area contributed by atoms with Gasteiger partial charge in [0.15, 0.2) is 0 Å². The van der Waals surface area contributed by atoms with Crippen molar-refractivity contribution in [2.45, 2.75) is 20.8 Å². The lowest BCUT2D eigenvalue weighted by molar-refractivity contribution is 0.261. The minimum atomic E-state index is -0.477. The second-order valence-corrected chi connectivity index (χ2v) is 5.21. The molecule has 0 saturated heterocycles. The van der Waals surface area contributed by atoms with Gasteiger partial charge in [0.2, 0.25) is 5.88 Å². The zero-order valence-corrected chi connectivity index (χ0v) is 14.5. The van der Waals surface area contributed by atoms with Crippen molar-refractivity contribution in [3.63, 3.8) is 0 Å². The minimum absolute atomic E-state index is 0.188. The second kappa shape index (κ2) is 8.35. The molecule has 8 heteroatoms. The predicted molar refractivity (Wildman–Crippen MR) is 93.2 cm³/mol. The molecule has 128 valence electrons. The number of amides is 2. The molecule has 1 aromatic heterocycles. The Bertz CT molecular complexity index is 724. The maximum atomic E-state index is 12.2. The minimum Gasteiger partial charge on any atom is -0.476 e. The highest BCUT2D eigenvalue weighted by Crippen LogP contribution is 2.25. The maximum Gasteiger partial charge on any atom is 0.323 e. The van der Waals surface area contributed by atoms with Crippen LogP contribution < -0.4 is 20.1 Å². The van der Waals surface area contributed by atoms with Gasteiger partial charge in [-0.25, -0.2) is 9.78 Å². The van der Waals surface area contributed by atoms with Gasteiger partial charge in [-0.15, -0.1) is 0 Å². The normalized spacial score (nSPS) is 10.2. The molecule has 0 unspecified atom stereocenters. The van der Waals surface area contributed by atoms with E-state index in [1.54, 1.807) is 12.1 Å². The molecule has 1 heterocycles. The summed E-state index contributed by atoms with van der Waals surface area (Å²) in [5.74, 6) is 0.237. The second-order valence-electron chi connectivity index (χ2n) is 4.80. The highest BCUT2D eigenvalue weighted by atomic mass is 35.5. The van der Waals surface area contributed by atoms with Crippen LogP contribution in [0.15, 0.2) is 24.4 Å². The van der Waals surface area contributed by atoms with Crippen LogP contribution in [-0.2, 0) is 0 Å². The summed E-state index contributed by atoms with van der Waals surface area (Å²) in [6.45, 7) is 6.39. The molecule has 2 N–H and O–H groups in total. The summed E-state index contributed by atoms with van der Waals surface area (Å²) in [6, 6.07) is 5.06. The standard InChI is InChI=1S/C16H19ClN4O3/c1-4-23-14-13(9-18-16(21-14)24-5-2)20-15(22)19-12-7-6-10(3)8-11(12)17/h6-9H,4-5H2,1-3H3,(H2,19,20,22). The number of nitrogens with zero attached hydrogens (tertiary/aromatic N) is 2. The fraction of sp³-hybridized carbons (Fsp3) is 0.312. The van der Waals surface area contributed by atoms with Crippen LogP contribution in [0.3, 0.4) is 0 Å². The summed E-state index contributed by atoms with van der Waals surface area (Å²) < 4.78 is 10.6. The van der Waals surface area contributed by atoms with E-state index in [0.717, 1.165) is 5.56 Å². The third-order valence-electron chi connectivity index (χ3n) is 2.91. The van der Waals surface area contributed by atoms with Crippen molar-refractivity contribution < 1.29 is 14.3 Å². The van der Waals surface area contributed by atoms with E-state index in [9.17, 15) is 4.79 Å². The van der Waals surface area contributed by atoms with Crippen LogP contribution in [0.5, 0.6) is 11.9 Å². The van der Waals surface area contributed by atoms with Crippen molar-refractivity contribution in [3.8, 4) is 11.9 Å². The summed E-state index contributed by atoms with van der Waals surface area (Å²) in [5.41, 5.74) is 1.84. The van der Waals surface area contributed by atoms with E-state index in [-0.39, 0.29) is 11.9 Å². The number of carbonyl (C=O) groups is 1. The van der Waals surface area contributed by atoms with Crippen molar-refractivity contribution in [1.82, 2.24) is 9.97 Å². The fourth-order valence-corrected chi connectivity index (χ4v) is 2.16. The highest BCUT2D eigenvalue weighted by molar-refractivity contribution is 6.33. The highest BCUT2D eigenvalue weighted by Gasteiger charge is 2.13. The first kappa shape index (κ1) is 17.8. The molecule has 2 rings (SSSR count). The SMILES string of the molecule is CCOc1ncc(NC(=O)Nc2ccc(C)cc2Cl)c(OCC)n1. The number of nitrogens with one attached hydrogen (secondary N) is 2. The van der Waals surface area contributed by atoms with Crippen LogP contribution in [0.4, 0.5) is 16.2 Å². The Morgan fingerprint density at radius 3 is 2.54 bits per heavy atom. The molecule has 0 aliphatic rings. The summed E-state index contributed by atoms with van der Waals surface area (Å²) >= 11 is 6.10. The van der Waals surface area contributed by atoms with Gasteiger partial charge < -0.3 is 20.1 Å². The molecule has 1 aromatic carbocycles. The maximum absolute atomic E-state index is 12.2. The number of carbonyl (C=O) groups excluding carboxylic acids is 1. The lowest BCUT2D eigenvalue weighted by atomic mass is 10.2. The van der Waals surface area contributed by atoms with Crippen LogP contribution in [0, 0.1) is 6.92 Å². The zero-order chi connectivity index (χ0) is 17.5. The van der Waals surface area contributed by atoms with E-state index >= 15 is 0 Å². The average Bonchev–Trinajstić information content (AvgIpc) is 2.53. The van der Waals surface area contributed by atoms with Gasteiger partial charge in [-0.1, -0.05) is 17.7 Å². The van der Waals surface area contributed by atoms with Gasteiger partial charge in [-0.2, -0.15) is 4.98 Å². The summed E-state index contributed by atoms with van der Waals surface area (Å²) in [4.78, 5) is 20.3. The Hall–Kier alpha value is -2.54. The van der Waals surface area contributed by atoms with Crippen LogP contribution in [-0.4, -0.2) is 29.2 Å². The number of urea groups is 1. The number of halogens is 1. The topological polar surface area (TPSA) is 85.4 Å². The van der Waals surface area contributed by atoms with Gasteiger partial charge in [0.25, 0.3) is 0 Å². The van der Waals surface area contributed by atoms with Gasteiger partial charge in [-0.05, 0) is 38.5 Å². The number of ether oxygens (including phenoxy) is 2. The Kier molecular flexibility index (Phi) is 6.20. The molecule has 0 radical (unpaired) electrons. The first-order valence-electron chi connectivity index (χ1n) is 7.50. The van der Waals surface area contributed by atoms with E-state index in [4.69, 9.17) is 21.1 Å². The van der Waals surface area contributed by atoms with Crippen molar-refractivity contribution in [2.24, 2.45) is 0 Å². The Balaban J connectivity index is 2.12. The van der Waals surface area contributed by atoms with E-state index in [2.05, 4.69) is 20.6 Å². The van der Waals surface area contributed by atoms with Crippen LogP contribution >= 0.6 is 11.6 Å². The smallest absolute Gasteiger partial charge is 0.323 e. The molecule has 0 spiro atoms. The van der Waals surface area contributed by atoms with Crippen LogP contribution in [0.2, 0.25) is 5.02 Å². The van der Waals surface area contributed by atoms with E-state index in [1.807, 2.05) is 26.8 Å². The fourth-order valence-electron chi connectivity index (χ4n) is 1.88. The number of benzene rings is 1. The lowest BCUT2D eigenvalue weighted by Crippen LogP contribution is -2.20. The molecule has 0 aliphatic heterocycles. The van der Waals surface area contributed by atoms with Crippen molar-refractivity contribution in [1.29, 1.82) is 0 Å². The monoisotopic (exact) mass is 350 g/mol. The van der Waals surface area contributed by atoms with Gasteiger partial charge in [0.1, 0.15) is 5.69 Å². The number of anilines is 2. The Morgan fingerprint density at radius 1 is 1.17 bits per heavy atom. The molecule has 0 atom stereocenters. The van der Waals surface area contributed by atoms with E-state index in [0.29, 0.717) is 29.6 Å². The predicted octanol–water partition coefficient (Wildman–Crippen LogP) is 3.88. The number of aryl methyl sites for hydroxylation is 1. The van der Waals surface area contributed by atoms with Gasteiger partial charge in [0.05, 0.1) is 30.1 Å². The first-order valence-corrected chi connectivity index (χ1v) is 7.88. The molecular weight excluding hydrogens is 332 g/mol. The Labute approximate surface area is 145 Å². The van der Waals surface area contributed by atoms with Crippen molar-refractivity contribution >= 4 is 29.0 Å². The van der Waals surface area contributed by atoms with Gasteiger partial charge >= 0.3 is 12.0 Å². The third kappa shape index (κ3) is 4.73. The summed E-state index contributed by atoms with van der Waals surface area (Å²) in [6.07, 6.45) is 1.43. The van der Waals surface area contributed by atoms with Crippen LogP contribution in [0.1, 0.15) is 19.4 Å². The first-order chi connectivity index (χ1) is 11.5. The van der Waals surface area contributed by atoms with Gasteiger partial charge in [0, 0.05) is 0 Å². The number of hydrogen-bond acceptors (Lipinski definition) is 5. The molecule has 7 nitrogen and oxygen atoms in total. The zero-order valence-electron chi connectivity index (χ0n) is 13.7. The molecule has 0 fully saturated rings.